The van der Waals surface area contributed by atoms with E-state index < -0.39 is 0 Å². The summed E-state index contributed by atoms with van der Waals surface area (Å²) in [6.45, 7) is 8.62. The van der Waals surface area contributed by atoms with Gasteiger partial charge in [0.15, 0.2) is 0 Å². The Morgan fingerprint density at radius 2 is 1.64 bits per heavy atom. The summed E-state index contributed by atoms with van der Waals surface area (Å²) in [5, 5.41) is 0. The Bertz CT molecular complexity index is 787. The Morgan fingerprint density at radius 3 is 2.32 bits per heavy atom. The average molecular weight is 381 g/mol. The molecule has 28 heavy (non-hydrogen) atoms. The molecule has 0 atom stereocenters. The standard InChI is InChI=1S/C21H27N5O2/c1-17-2-4-18(5-3-17)15-26-7-6-24(16-20(26)27)14-19-12-22-21(23-13-19)25-8-10-28-11-9-25/h2-5,12-13H,6-11,14-16H2,1H3. The van der Waals surface area contributed by atoms with Crippen molar-refractivity contribution < 1.29 is 9.53 Å². The summed E-state index contributed by atoms with van der Waals surface area (Å²) in [4.78, 5) is 27.8. The van der Waals surface area contributed by atoms with Crippen LogP contribution in [0.3, 0.4) is 0 Å². The largest absolute Gasteiger partial charge is 0.378 e. The van der Waals surface area contributed by atoms with Gasteiger partial charge in [-0.3, -0.25) is 9.69 Å². The summed E-state index contributed by atoms with van der Waals surface area (Å²) in [5.41, 5.74) is 3.46. The zero-order valence-corrected chi connectivity index (χ0v) is 16.4. The van der Waals surface area contributed by atoms with Gasteiger partial charge in [-0.2, -0.15) is 0 Å². The van der Waals surface area contributed by atoms with Crippen LogP contribution < -0.4 is 4.90 Å². The van der Waals surface area contributed by atoms with Crippen molar-refractivity contribution in [3.8, 4) is 0 Å². The Balaban J connectivity index is 1.29. The molecule has 2 aliphatic rings. The zero-order chi connectivity index (χ0) is 19.3. The summed E-state index contributed by atoms with van der Waals surface area (Å²) < 4.78 is 5.37. The van der Waals surface area contributed by atoms with Gasteiger partial charge in [-0.25, -0.2) is 9.97 Å². The first-order chi connectivity index (χ1) is 13.7. The van der Waals surface area contributed by atoms with Gasteiger partial charge in [-0.05, 0) is 12.5 Å². The third kappa shape index (κ3) is 4.66. The van der Waals surface area contributed by atoms with Gasteiger partial charge in [-0.15, -0.1) is 0 Å². The maximum atomic E-state index is 12.6. The average Bonchev–Trinajstić information content (AvgIpc) is 2.73. The number of aromatic nitrogens is 2. The Kier molecular flexibility index (Phi) is 5.83. The van der Waals surface area contributed by atoms with Crippen molar-refractivity contribution in [3.63, 3.8) is 0 Å². The molecule has 0 radical (unpaired) electrons. The molecular formula is C21H27N5O2. The highest BCUT2D eigenvalue weighted by Crippen LogP contribution is 2.14. The van der Waals surface area contributed by atoms with Crippen LogP contribution in [0.25, 0.3) is 0 Å². The number of hydrogen-bond donors (Lipinski definition) is 0. The number of benzene rings is 1. The van der Waals surface area contributed by atoms with Crippen LogP contribution in [0.15, 0.2) is 36.7 Å². The first kappa shape index (κ1) is 18.8. The molecule has 0 spiro atoms. The van der Waals surface area contributed by atoms with Gasteiger partial charge in [0.25, 0.3) is 0 Å². The van der Waals surface area contributed by atoms with Crippen molar-refractivity contribution in [3.05, 3.63) is 53.3 Å². The monoisotopic (exact) mass is 381 g/mol. The van der Waals surface area contributed by atoms with E-state index in [1.807, 2.05) is 17.3 Å². The van der Waals surface area contributed by atoms with Crippen LogP contribution in [0.5, 0.6) is 0 Å². The fraction of sp³-hybridized carbons (Fsp3) is 0.476. The summed E-state index contributed by atoms with van der Waals surface area (Å²) in [6, 6.07) is 8.39. The Hall–Kier alpha value is -2.51. The lowest BCUT2D eigenvalue weighted by molar-refractivity contribution is -0.136. The minimum Gasteiger partial charge on any atom is -0.378 e. The molecule has 0 N–H and O–H groups in total. The van der Waals surface area contributed by atoms with Crippen molar-refractivity contribution >= 4 is 11.9 Å². The maximum absolute atomic E-state index is 12.6. The Labute approximate surface area is 165 Å². The first-order valence-electron chi connectivity index (χ1n) is 9.87. The Morgan fingerprint density at radius 1 is 0.929 bits per heavy atom. The number of rotatable bonds is 5. The van der Waals surface area contributed by atoms with Crippen molar-refractivity contribution in [1.82, 2.24) is 19.8 Å². The number of piperazine rings is 1. The molecule has 1 aromatic carbocycles. The predicted octanol–water partition coefficient (Wildman–Crippen LogP) is 1.47. The predicted molar refractivity (Wildman–Crippen MR) is 107 cm³/mol. The van der Waals surface area contributed by atoms with Crippen LogP contribution in [0.4, 0.5) is 5.95 Å². The summed E-state index contributed by atoms with van der Waals surface area (Å²) in [6.07, 6.45) is 3.75. The van der Waals surface area contributed by atoms with Crippen LogP contribution in [-0.2, 0) is 22.6 Å². The molecule has 4 rings (SSSR count). The topological polar surface area (TPSA) is 61.8 Å². The van der Waals surface area contributed by atoms with Crippen LogP contribution in [0.2, 0.25) is 0 Å². The third-order valence-electron chi connectivity index (χ3n) is 5.28. The number of carbonyl (C=O) groups excluding carboxylic acids is 1. The van der Waals surface area contributed by atoms with E-state index >= 15 is 0 Å². The number of aryl methyl sites for hydroxylation is 1. The molecule has 7 nitrogen and oxygen atoms in total. The summed E-state index contributed by atoms with van der Waals surface area (Å²) in [7, 11) is 0. The van der Waals surface area contributed by atoms with Gasteiger partial charge >= 0.3 is 0 Å². The van der Waals surface area contributed by atoms with E-state index in [1.54, 1.807) is 0 Å². The quantitative estimate of drug-likeness (QED) is 0.782. The normalized spacial score (nSPS) is 18.5. The van der Waals surface area contributed by atoms with Gasteiger partial charge in [0.05, 0.1) is 19.8 Å². The highest BCUT2D eigenvalue weighted by atomic mass is 16.5. The fourth-order valence-corrected chi connectivity index (χ4v) is 3.59. The minimum atomic E-state index is 0.178. The van der Waals surface area contributed by atoms with Crippen LogP contribution in [0.1, 0.15) is 16.7 Å². The number of carbonyl (C=O) groups is 1. The molecule has 0 bridgehead atoms. The van der Waals surface area contributed by atoms with Gasteiger partial charge in [0, 0.05) is 57.2 Å². The van der Waals surface area contributed by atoms with Gasteiger partial charge < -0.3 is 14.5 Å². The smallest absolute Gasteiger partial charge is 0.237 e. The molecule has 148 valence electrons. The number of hydrogen-bond acceptors (Lipinski definition) is 6. The van der Waals surface area contributed by atoms with E-state index in [1.165, 1.54) is 11.1 Å². The lowest BCUT2D eigenvalue weighted by Crippen LogP contribution is -2.49. The molecule has 3 heterocycles. The molecule has 0 aliphatic carbocycles. The lowest BCUT2D eigenvalue weighted by Gasteiger charge is -2.34. The van der Waals surface area contributed by atoms with Crippen molar-refractivity contribution in [2.24, 2.45) is 0 Å². The summed E-state index contributed by atoms with van der Waals surface area (Å²) in [5.74, 6) is 0.934. The molecule has 2 saturated heterocycles. The molecule has 2 aromatic rings. The second-order valence-corrected chi connectivity index (χ2v) is 7.50. The second kappa shape index (κ2) is 8.67. The van der Waals surface area contributed by atoms with Crippen molar-refractivity contribution in [2.45, 2.75) is 20.0 Å². The van der Waals surface area contributed by atoms with Gasteiger partial charge in [-0.1, -0.05) is 29.8 Å². The van der Waals surface area contributed by atoms with Crippen LogP contribution >= 0.6 is 0 Å². The number of anilines is 1. The van der Waals surface area contributed by atoms with E-state index in [9.17, 15) is 4.79 Å². The molecule has 2 aliphatic heterocycles. The number of ether oxygens (including phenoxy) is 1. The first-order valence-corrected chi connectivity index (χ1v) is 9.87. The van der Waals surface area contributed by atoms with E-state index in [2.05, 4.69) is 51.0 Å². The minimum absolute atomic E-state index is 0.178. The highest BCUT2D eigenvalue weighted by molar-refractivity contribution is 5.79. The van der Waals surface area contributed by atoms with E-state index in [4.69, 9.17) is 4.74 Å². The SMILES string of the molecule is Cc1ccc(CN2CCN(Cc3cnc(N4CCOCC4)nc3)CC2=O)cc1. The van der Waals surface area contributed by atoms with Crippen LogP contribution in [-0.4, -0.2) is 71.6 Å². The number of morpholine rings is 1. The molecular weight excluding hydrogens is 354 g/mol. The number of nitrogens with zero attached hydrogens (tertiary/aromatic N) is 5. The van der Waals surface area contributed by atoms with Crippen molar-refractivity contribution in [1.29, 1.82) is 0 Å². The highest BCUT2D eigenvalue weighted by Gasteiger charge is 2.24. The fourth-order valence-electron chi connectivity index (χ4n) is 3.59. The van der Waals surface area contributed by atoms with Gasteiger partial charge in [0.1, 0.15) is 0 Å². The lowest BCUT2D eigenvalue weighted by atomic mass is 10.1. The summed E-state index contributed by atoms with van der Waals surface area (Å²) >= 11 is 0. The van der Waals surface area contributed by atoms with Crippen molar-refractivity contribution in [2.75, 3.05) is 50.8 Å². The zero-order valence-electron chi connectivity index (χ0n) is 16.4. The van der Waals surface area contributed by atoms with Gasteiger partial charge in [0.2, 0.25) is 11.9 Å². The maximum Gasteiger partial charge on any atom is 0.237 e. The second-order valence-electron chi connectivity index (χ2n) is 7.50. The molecule has 0 saturated carbocycles. The molecule has 0 unspecified atom stereocenters. The molecule has 2 fully saturated rings. The van der Waals surface area contributed by atoms with Crippen LogP contribution in [0, 0.1) is 6.92 Å². The van der Waals surface area contributed by atoms with E-state index in [0.29, 0.717) is 19.6 Å². The molecule has 1 amide bonds. The van der Waals surface area contributed by atoms with E-state index in [-0.39, 0.29) is 5.91 Å². The van der Waals surface area contributed by atoms with E-state index in [0.717, 1.165) is 50.9 Å². The molecule has 1 aromatic heterocycles. The number of amides is 1. The molecule has 7 heteroatoms. The third-order valence-corrected chi connectivity index (χ3v) is 5.28.